The van der Waals surface area contributed by atoms with Crippen molar-refractivity contribution in [2.75, 3.05) is 13.1 Å². The highest BCUT2D eigenvalue weighted by Gasteiger charge is 2.07. The molecule has 0 saturated carbocycles. The third-order valence-electron chi connectivity index (χ3n) is 2.08. The number of hydrogen-bond acceptors (Lipinski definition) is 2. The largest absolute Gasteiger partial charge is 0.352 e. The fourth-order valence-electron chi connectivity index (χ4n) is 0.995. The van der Waals surface area contributed by atoms with E-state index in [0.29, 0.717) is 13.1 Å². The van der Waals surface area contributed by atoms with E-state index in [2.05, 4.69) is 23.8 Å². The molecule has 0 saturated heterocycles. The molecular weight excluding hydrogens is 192 g/mol. The lowest BCUT2D eigenvalue weighted by Crippen LogP contribution is -2.35. The summed E-state index contributed by atoms with van der Waals surface area (Å²) in [4.78, 5) is 21.8. The van der Waals surface area contributed by atoms with Gasteiger partial charge in [-0.15, -0.1) is 0 Å². The summed E-state index contributed by atoms with van der Waals surface area (Å²) in [5, 5.41) is 5.38. The van der Waals surface area contributed by atoms with Crippen molar-refractivity contribution in [3.05, 3.63) is 25.3 Å². The van der Waals surface area contributed by atoms with Crippen LogP contribution >= 0.6 is 0 Å². The predicted molar refractivity (Wildman–Crippen MR) is 60.2 cm³/mol. The zero-order chi connectivity index (χ0) is 11.7. The third kappa shape index (κ3) is 6.49. The number of hydrogen-bond donors (Lipinski definition) is 2. The van der Waals surface area contributed by atoms with E-state index in [1.54, 1.807) is 0 Å². The van der Waals surface area contributed by atoms with Crippen molar-refractivity contribution < 1.29 is 9.59 Å². The summed E-state index contributed by atoms with van der Waals surface area (Å²) in [5.74, 6) is -0.148. The topological polar surface area (TPSA) is 58.2 Å². The molecule has 0 unspecified atom stereocenters. The molecule has 0 aliphatic heterocycles. The first-order valence-corrected chi connectivity index (χ1v) is 4.94. The van der Waals surface area contributed by atoms with Crippen LogP contribution in [0, 0.1) is 5.92 Å². The van der Waals surface area contributed by atoms with Crippen LogP contribution in [0.5, 0.6) is 0 Å². The first-order valence-electron chi connectivity index (χ1n) is 4.94. The second-order valence-electron chi connectivity index (χ2n) is 3.17. The zero-order valence-corrected chi connectivity index (χ0v) is 9.08. The van der Waals surface area contributed by atoms with Crippen LogP contribution in [0.15, 0.2) is 25.3 Å². The summed E-state index contributed by atoms with van der Waals surface area (Å²) in [7, 11) is 0. The van der Waals surface area contributed by atoms with Gasteiger partial charge < -0.3 is 10.6 Å². The van der Waals surface area contributed by atoms with Crippen molar-refractivity contribution in [2.24, 2.45) is 5.92 Å². The van der Waals surface area contributed by atoms with Crippen LogP contribution in [0.3, 0.4) is 0 Å². The quantitative estimate of drug-likeness (QED) is 0.605. The molecule has 0 heterocycles. The molecule has 0 atom stereocenters. The molecular formula is C11H18N2O2. The van der Waals surface area contributed by atoms with Crippen molar-refractivity contribution in [3.8, 4) is 0 Å². The first-order chi connectivity index (χ1) is 7.13. The fraction of sp³-hybridized carbons (Fsp3) is 0.455. The summed E-state index contributed by atoms with van der Waals surface area (Å²) < 4.78 is 0. The molecule has 0 aromatic rings. The van der Waals surface area contributed by atoms with Gasteiger partial charge >= 0.3 is 0 Å². The summed E-state index contributed by atoms with van der Waals surface area (Å²) in [5.41, 5.74) is 0. The Morgan fingerprint density at radius 1 is 1.13 bits per heavy atom. The Morgan fingerprint density at radius 3 is 1.80 bits per heavy atom. The van der Waals surface area contributed by atoms with Crippen molar-refractivity contribution in [2.45, 2.75) is 13.3 Å². The summed E-state index contributed by atoms with van der Waals surface area (Å²) in [6, 6.07) is 0. The molecule has 0 bridgehead atoms. The lowest BCUT2D eigenvalue weighted by atomic mass is 10.1. The maximum absolute atomic E-state index is 10.9. The predicted octanol–water partition coefficient (Wildman–Crippen LogP) is 0.617. The molecule has 0 aromatic carbocycles. The first kappa shape index (κ1) is 13.4. The molecule has 2 amide bonds. The molecule has 84 valence electrons. The van der Waals surface area contributed by atoms with Gasteiger partial charge in [-0.2, -0.15) is 0 Å². The van der Waals surface area contributed by atoms with E-state index in [1.165, 1.54) is 12.2 Å². The Morgan fingerprint density at radius 2 is 1.53 bits per heavy atom. The summed E-state index contributed by atoms with van der Waals surface area (Å²) >= 11 is 0. The Balaban J connectivity index is 3.82. The molecule has 0 rings (SSSR count). The van der Waals surface area contributed by atoms with Crippen molar-refractivity contribution in [3.63, 3.8) is 0 Å². The Labute approximate surface area is 90.4 Å². The Hall–Kier alpha value is -1.58. The van der Waals surface area contributed by atoms with E-state index in [0.717, 1.165) is 6.42 Å². The van der Waals surface area contributed by atoms with Gasteiger partial charge in [-0.25, -0.2) is 0 Å². The van der Waals surface area contributed by atoms with Crippen LogP contribution in [0.2, 0.25) is 0 Å². The average Bonchev–Trinajstić information content (AvgIpc) is 2.28. The molecule has 15 heavy (non-hydrogen) atoms. The maximum atomic E-state index is 10.9. The number of amides is 2. The van der Waals surface area contributed by atoms with Crippen molar-refractivity contribution in [1.82, 2.24) is 10.6 Å². The minimum atomic E-state index is -0.191. The molecule has 0 spiro atoms. The van der Waals surface area contributed by atoms with E-state index in [1.807, 2.05) is 6.92 Å². The van der Waals surface area contributed by atoms with Crippen LogP contribution in [0.4, 0.5) is 0 Å². The monoisotopic (exact) mass is 210 g/mol. The highest BCUT2D eigenvalue weighted by Crippen LogP contribution is 1.98. The van der Waals surface area contributed by atoms with Crippen molar-refractivity contribution in [1.29, 1.82) is 0 Å². The average molecular weight is 210 g/mol. The van der Waals surface area contributed by atoms with Crippen LogP contribution < -0.4 is 10.6 Å². The van der Waals surface area contributed by atoms with Gasteiger partial charge in [0, 0.05) is 13.1 Å². The second kappa shape index (κ2) is 7.79. The Kier molecular flexibility index (Phi) is 6.97. The van der Waals surface area contributed by atoms with Crippen molar-refractivity contribution >= 4 is 11.8 Å². The van der Waals surface area contributed by atoms with E-state index >= 15 is 0 Å². The molecule has 4 heteroatoms. The zero-order valence-electron chi connectivity index (χ0n) is 9.08. The smallest absolute Gasteiger partial charge is 0.243 e. The van der Waals surface area contributed by atoms with Gasteiger partial charge in [0.15, 0.2) is 0 Å². The highest BCUT2D eigenvalue weighted by molar-refractivity contribution is 5.87. The van der Waals surface area contributed by atoms with E-state index in [9.17, 15) is 9.59 Å². The number of carbonyl (C=O) groups is 2. The number of carbonyl (C=O) groups excluding carboxylic acids is 2. The number of rotatable bonds is 7. The summed E-state index contributed by atoms with van der Waals surface area (Å²) in [6.07, 6.45) is 3.35. The minimum absolute atomic E-state index is 0.191. The van der Waals surface area contributed by atoms with Gasteiger partial charge in [0.1, 0.15) is 0 Å². The Bertz CT molecular complexity index is 225. The fourth-order valence-corrected chi connectivity index (χ4v) is 0.995. The molecule has 0 radical (unpaired) electrons. The van der Waals surface area contributed by atoms with Crippen LogP contribution in [0.1, 0.15) is 13.3 Å². The van der Waals surface area contributed by atoms with E-state index < -0.39 is 0 Å². The third-order valence-corrected chi connectivity index (χ3v) is 2.08. The SMILES string of the molecule is C=CC(=O)NCC(CC)CNC(=O)C=C. The standard InChI is InChI=1S/C11H18N2O2/c1-4-9(7-12-10(14)5-2)8-13-11(15)6-3/h5-6,9H,2-4,7-8H2,1H3,(H,12,14)(H,13,15). The maximum Gasteiger partial charge on any atom is 0.243 e. The lowest BCUT2D eigenvalue weighted by molar-refractivity contribution is -0.116. The molecule has 0 aromatic heterocycles. The molecule has 0 fully saturated rings. The van der Waals surface area contributed by atoms with Gasteiger partial charge in [0.25, 0.3) is 0 Å². The highest BCUT2D eigenvalue weighted by atomic mass is 16.2. The molecule has 0 aliphatic carbocycles. The van der Waals surface area contributed by atoms with E-state index in [4.69, 9.17) is 0 Å². The normalized spacial score (nSPS) is 9.47. The van der Waals surface area contributed by atoms with Gasteiger partial charge in [-0.05, 0) is 24.5 Å². The summed E-state index contributed by atoms with van der Waals surface area (Å²) in [6.45, 7) is 9.80. The van der Waals surface area contributed by atoms with E-state index in [-0.39, 0.29) is 17.7 Å². The second-order valence-corrected chi connectivity index (χ2v) is 3.17. The number of nitrogens with one attached hydrogen (secondary N) is 2. The minimum Gasteiger partial charge on any atom is -0.352 e. The molecule has 2 N–H and O–H groups in total. The van der Waals surface area contributed by atoms with Crippen LogP contribution in [0.25, 0.3) is 0 Å². The van der Waals surface area contributed by atoms with Gasteiger partial charge in [-0.3, -0.25) is 9.59 Å². The van der Waals surface area contributed by atoms with Gasteiger partial charge in [-0.1, -0.05) is 20.1 Å². The molecule has 0 aliphatic rings. The van der Waals surface area contributed by atoms with Crippen LogP contribution in [-0.2, 0) is 9.59 Å². The molecule has 4 nitrogen and oxygen atoms in total. The lowest BCUT2D eigenvalue weighted by Gasteiger charge is -2.15. The van der Waals surface area contributed by atoms with Crippen LogP contribution in [-0.4, -0.2) is 24.9 Å². The van der Waals surface area contributed by atoms with Gasteiger partial charge in [0.2, 0.25) is 11.8 Å². The van der Waals surface area contributed by atoms with Gasteiger partial charge in [0.05, 0.1) is 0 Å².